The average Bonchev–Trinajstić information content (AvgIpc) is 3.32. The molecule has 1 atom stereocenters. The Morgan fingerprint density at radius 3 is 2.41 bits per heavy atom. The van der Waals surface area contributed by atoms with E-state index in [1.807, 2.05) is 6.26 Å². The number of carbonyl (C=O) groups excluding carboxylic acids is 2. The topological polar surface area (TPSA) is 83.4 Å². The third kappa shape index (κ3) is 3.43. The van der Waals surface area contributed by atoms with E-state index < -0.39 is 23.5 Å². The van der Waals surface area contributed by atoms with Gasteiger partial charge in [-0.2, -0.15) is 0 Å². The summed E-state index contributed by atoms with van der Waals surface area (Å²) in [5, 5.41) is 19.1. The van der Waals surface area contributed by atoms with Gasteiger partial charge in [-0.15, -0.1) is 10.2 Å². The van der Waals surface area contributed by atoms with E-state index in [0.717, 1.165) is 11.3 Å². The van der Waals surface area contributed by atoms with Gasteiger partial charge in [0.05, 0.1) is 11.6 Å². The first kappa shape index (κ1) is 19.3. The van der Waals surface area contributed by atoms with Crippen molar-refractivity contribution in [2.45, 2.75) is 10.4 Å². The lowest BCUT2D eigenvalue weighted by Gasteiger charge is -2.22. The lowest BCUT2D eigenvalue weighted by atomic mass is 9.95. The van der Waals surface area contributed by atoms with Gasteiger partial charge in [0, 0.05) is 5.56 Å². The summed E-state index contributed by atoms with van der Waals surface area (Å²) in [5.74, 6) is -2.40. The van der Waals surface area contributed by atoms with E-state index in [2.05, 4.69) is 10.2 Å². The second-order valence-corrected chi connectivity index (χ2v) is 8.15. The highest BCUT2D eigenvalue weighted by atomic mass is 32.2. The molecule has 0 radical (unpaired) electrons. The van der Waals surface area contributed by atoms with E-state index in [-0.39, 0.29) is 16.5 Å². The lowest BCUT2D eigenvalue weighted by Crippen LogP contribution is -2.29. The molecule has 1 aliphatic rings. The third-order valence-corrected chi connectivity index (χ3v) is 6.35. The van der Waals surface area contributed by atoms with Gasteiger partial charge in [0.15, 0.2) is 4.34 Å². The fourth-order valence-electron chi connectivity index (χ4n) is 3.12. The summed E-state index contributed by atoms with van der Waals surface area (Å²) in [6.45, 7) is 0. The van der Waals surface area contributed by atoms with Crippen molar-refractivity contribution in [1.29, 1.82) is 0 Å². The van der Waals surface area contributed by atoms with E-state index in [4.69, 9.17) is 0 Å². The van der Waals surface area contributed by atoms with Crippen LogP contribution in [0.3, 0.4) is 0 Å². The van der Waals surface area contributed by atoms with Gasteiger partial charge in [0.2, 0.25) is 5.13 Å². The third-order valence-electron chi connectivity index (χ3n) is 4.45. The number of rotatable bonds is 4. The molecule has 146 valence electrons. The maximum atomic E-state index is 13.5. The number of thioether (sulfide) groups is 1. The van der Waals surface area contributed by atoms with Crippen LogP contribution >= 0.6 is 23.1 Å². The highest BCUT2D eigenvalue weighted by molar-refractivity contribution is 8.00. The zero-order valence-electron chi connectivity index (χ0n) is 15.1. The molecule has 0 saturated carbocycles. The number of anilines is 1. The Bertz CT molecular complexity index is 1110. The molecule has 1 N–H and O–H groups in total. The van der Waals surface area contributed by atoms with E-state index in [0.29, 0.717) is 15.5 Å². The standard InChI is InChI=1S/C20H14FN3O3S2/c1-28-20-23-22-19(29-20)24-15(11-7-9-13(21)10-8-11)14(17(26)18(24)27)16(25)12-5-3-2-4-6-12/h2-10,15,25H,1H3/b16-14-. The van der Waals surface area contributed by atoms with Crippen LogP contribution < -0.4 is 4.90 Å². The van der Waals surface area contributed by atoms with Crippen molar-refractivity contribution < 1.29 is 19.1 Å². The van der Waals surface area contributed by atoms with Crippen molar-refractivity contribution in [2.24, 2.45) is 0 Å². The molecule has 0 spiro atoms. The number of halogens is 1. The maximum absolute atomic E-state index is 13.5. The zero-order valence-corrected chi connectivity index (χ0v) is 16.7. The first-order chi connectivity index (χ1) is 14.0. The normalized spacial score (nSPS) is 18.4. The van der Waals surface area contributed by atoms with Gasteiger partial charge in [0.1, 0.15) is 11.6 Å². The average molecular weight is 427 g/mol. The van der Waals surface area contributed by atoms with Gasteiger partial charge in [-0.3, -0.25) is 14.5 Å². The second-order valence-electron chi connectivity index (χ2n) is 6.14. The Morgan fingerprint density at radius 2 is 1.79 bits per heavy atom. The molecule has 2 heterocycles. The number of hydrogen-bond donors (Lipinski definition) is 1. The number of aliphatic hydroxyl groups is 1. The summed E-state index contributed by atoms with van der Waals surface area (Å²) in [5.41, 5.74) is 0.803. The van der Waals surface area contributed by atoms with Gasteiger partial charge in [-0.05, 0) is 24.0 Å². The summed E-state index contributed by atoms with van der Waals surface area (Å²) >= 11 is 2.53. The monoisotopic (exact) mass is 427 g/mol. The number of Topliss-reactive ketones (excluding diaryl/α,β-unsaturated/α-hetero) is 1. The zero-order chi connectivity index (χ0) is 20.5. The maximum Gasteiger partial charge on any atom is 0.301 e. The molecule has 1 amide bonds. The molecule has 1 unspecified atom stereocenters. The van der Waals surface area contributed by atoms with Gasteiger partial charge in [-0.1, -0.05) is 65.6 Å². The molecule has 4 rings (SSSR count). The smallest absolute Gasteiger partial charge is 0.301 e. The number of aromatic nitrogens is 2. The molecule has 29 heavy (non-hydrogen) atoms. The highest BCUT2D eigenvalue weighted by Gasteiger charge is 2.48. The van der Waals surface area contributed by atoms with Crippen LogP contribution in [0, 0.1) is 5.82 Å². The van der Waals surface area contributed by atoms with Crippen LogP contribution in [0.2, 0.25) is 0 Å². The van der Waals surface area contributed by atoms with Gasteiger partial charge in [0.25, 0.3) is 5.78 Å². The van der Waals surface area contributed by atoms with Crippen molar-refractivity contribution in [2.75, 3.05) is 11.2 Å². The van der Waals surface area contributed by atoms with Crippen LogP contribution in [0.5, 0.6) is 0 Å². The summed E-state index contributed by atoms with van der Waals surface area (Å²) in [4.78, 5) is 27.0. The van der Waals surface area contributed by atoms with E-state index >= 15 is 0 Å². The molecule has 1 aromatic heterocycles. The first-order valence-corrected chi connectivity index (χ1v) is 10.5. The highest BCUT2D eigenvalue weighted by Crippen LogP contribution is 2.43. The number of ketones is 1. The van der Waals surface area contributed by atoms with Crippen molar-refractivity contribution >= 4 is 45.7 Å². The first-order valence-electron chi connectivity index (χ1n) is 8.50. The Hall–Kier alpha value is -3.04. The van der Waals surface area contributed by atoms with E-state index in [9.17, 15) is 19.1 Å². The second kappa shape index (κ2) is 7.76. The quantitative estimate of drug-likeness (QED) is 0.223. The summed E-state index contributed by atoms with van der Waals surface area (Å²) in [6.07, 6.45) is 1.82. The van der Waals surface area contributed by atoms with Gasteiger partial charge >= 0.3 is 5.91 Å². The minimum atomic E-state index is -0.946. The molecule has 1 fully saturated rings. The minimum Gasteiger partial charge on any atom is -0.507 e. The molecular formula is C20H14FN3O3S2. The van der Waals surface area contributed by atoms with E-state index in [1.165, 1.54) is 40.9 Å². The van der Waals surface area contributed by atoms with Crippen LogP contribution in [-0.2, 0) is 9.59 Å². The SMILES string of the molecule is CSc1nnc(N2C(=O)C(=O)/C(=C(\O)c3ccccc3)C2c2ccc(F)cc2)s1. The Labute approximate surface area is 173 Å². The number of aliphatic hydroxyl groups excluding tert-OH is 1. The predicted octanol–water partition coefficient (Wildman–Crippen LogP) is 4.03. The number of hydrogen-bond acceptors (Lipinski definition) is 7. The van der Waals surface area contributed by atoms with Crippen molar-refractivity contribution in [3.05, 3.63) is 77.1 Å². The molecule has 3 aromatic rings. The molecule has 6 nitrogen and oxygen atoms in total. The minimum absolute atomic E-state index is 0.0753. The largest absolute Gasteiger partial charge is 0.507 e. The number of amides is 1. The van der Waals surface area contributed by atoms with Crippen molar-refractivity contribution in [3.8, 4) is 0 Å². The molecule has 1 aliphatic heterocycles. The van der Waals surface area contributed by atoms with Crippen LogP contribution in [0.4, 0.5) is 9.52 Å². The predicted molar refractivity (Wildman–Crippen MR) is 109 cm³/mol. The van der Waals surface area contributed by atoms with E-state index in [1.54, 1.807) is 30.3 Å². The van der Waals surface area contributed by atoms with Crippen LogP contribution in [-0.4, -0.2) is 33.3 Å². The summed E-state index contributed by atoms with van der Waals surface area (Å²) in [7, 11) is 0. The molecule has 9 heteroatoms. The molecular weight excluding hydrogens is 413 g/mol. The van der Waals surface area contributed by atoms with Crippen molar-refractivity contribution in [1.82, 2.24) is 10.2 Å². The molecule has 0 bridgehead atoms. The fourth-order valence-corrected chi connectivity index (χ4v) is 4.41. The molecule has 0 aliphatic carbocycles. The van der Waals surface area contributed by atoms with Gasteiger partial charge in [-0.25, -0.2) is 4.39 Å². The molecule has 1 saturated heterocycles. The van der Waals surface area contributed by atoms with Gasteiger partial charge < -0.3 is 5.11 Å². The van der Waals surface area contributed by atoms with Crippen molar-refractivity contribution in [3.63, 3.8) is 0 Å². The Kier molecular flexibility index (Phi) is 5.16. The lowest BCUT2D eigenvalue weighted by molar-refractivity contribution is -0.132. The van der Waals surface area contributed by atoms with Crippen LogP contribution in [0.25, 0.3) is 5.76 Å². The Morgan fingerprint density at radius 1 is 1.10 bits per heavy atom. The number of carbonyl (C=O) groups is 2. The summed E-state index contributed by atoms with van der Waals surface area (Å²) < 4.78 is 14.1. The molecule has 2 aromatic carbocycles. The summed E-state index contributed by atoms with van der Waals surface area (Å²) in [6, 6.07) is 13.0. The number of nitrogens with zero attached hydrogens (tertiary/aromatic N) is 3. The van der Waals surface area contributed by atoms with Crippen LogP contribution in [0.1, 0.15) is 17.2 Å². The fraction of sp³-hybridized carbons (Fsp3) is 0.100. The Balaban J connectivity index is 1.93. The number of benzene rings is 2. The van der Waals surface area contributed by atoms with Crippen LogP contribution in [0.15, 0.2) is 64.5 Å².